The maximum Gasteiger partial charge on any atom is 0.338 e. The van der Waals surface area contributed by atoms with E-state index < -0.39 is 23.0 Å². The lowest BCUT2D eigenvalue weighted by Crippen LogP contribution is -2.18. The van der Waals surface area contributed by atoms with E-state index in [1.54, 1.807) is 24.3 Å². The van der Waals surface area contributed by atoms with Gasteiger partial charge in [0, 0.05) is 16.3 Å². The lowest BCUT2D eigenvalue weighted by Gasteiger charge is -2.14. The number of benzene rings is 3. The fourth-order valence-electron chi connectivity index (χ4n) is 3.21. The molecule has 35 heavy (non-hydrogen) atoms. The van der Waals surface area contributed by atoms with Crippen LogP contribution in [0.3, 0.4) is 0 Å². The molecule has 3 aromatic rings. The first-order valence-corrected chi connectivity index (χ1v) is 12.5. The second-order valence-corrected chi connectivity index (χ2v) is 9.95. The van der Waals surface area contributed by atoms with Crippen LogP contribution in [0.5, 0.6) is 0 Å². The summed E-state index contributed by atoms with van der Waals surface area (Å²) < 4.78 is 0. The molecule has 0 saturated carbocycles. The van der Waals surface area contributed by atoms with Crippen LogP contribution in [0.15, 0.2) is 47.4 Å². The SMILES string of the molecule is Cc1cccc(C)c1NC(=O)CSc1ccc(NC(=O)c2c(Cl)c(Cl)c(Cl)c(Cl)c2C(=O)O)cc1. The van der Waals surface area contributed by atoms with Crippen molar-refractivity contribution in [3.63, 3.8) is 0 Å². The Bertz CT molecular complexity index is 1310. The van der Waals surface area contributed by atoms with Gasteiger partial charge in [0.1, 0.15) is 0 Å². The first kappa shape index (κ1) is 27.2. The van der Waals surface area contributed by atoms with Gasteiger partial charge in [0.25, 0.3) is 5.91 Å². The fraction of sp³-hybridized carbons (Fsp3) is 0.125. The second kappa shape index (κ2) is 11.5. The number of carbonyl (C=O) groups is 3. The molecule has 0 bridgehead atoms. The third-order valence-corrected chi connectivity index (χ3v) is 7.75. The van der Waals surface area contributed by atoms with E-state index in [-0.39, 0.29) is 31.8 Å². The molecule has 0 aliphatic carbocycles. The Hall–Kier alpha value is -2.42. The van der Waals surface area contributed by atoms with Crippen molar-refractivity contribution in [2.45, 2.75) is 18.7 Å². The molecule has 3 rings (SSSR count). The minimum atomic E-state index is -1.48. The van der Waals surface area contributed by atoms with Crippen molar-refractivity contribution in [3.8, 4) is 0 Å². The van der Waals surface area contributed by atoms with Crippen molar-refractivity contribution in [3.05, 3.63) is 84.8 Å². The molecular weight excluding hydrogens is 554 g/mol. The van der Waals surface area contributed by atoms with Crippen LogP contribution in [0.1, 0.15) is 31.8 Å². The second-order valence-electron chi connectivity index (χ2n) is 7.39. The van der Waals surface area contributed by atoms with Gasteiger partial charge in [0.2, 0.25) is 5.91 Å². The Morgan fingerprint density at radius 3 is 1.89 bits per heavy atom. The van der Waals surface area contributed by atoms with Gasteiger partial charge in [-0.3, -0.25) is 9.59 Å². The van der Waals surface area contributed by atoms with E-state index >= 15 is 0 Å². The highest BCUT2D eigenvalue weighted by Gasteiger charge is 2.28. The topological polar surface area (TPSA) is 95.5 Å². The van der Waals surface area contributed by atoms with Crippen LogP contribution in [-0.4, -0.2) is 28.6 Å². The summed E-state index contributed by atoms with van der Waals surface area (Å²) >= 11 is 25.4. The number of aryl methyl sites for hydroxylation is 2. The number of carboxylic acid groups (broad SMARTS) is 1. The number of carbonyl (C=O) groups excluding carboxylic acids is 2. The molecule has 0 radical (unpaired) electrons. The molecule has 6 nitrogen and oxygen atoms in total. The first-order valence-electron chi connectivity index (χ1n) is 10.0. The van der Waals surface area contributed by atoms with Crippen LogP contribution < -0.4 is 10.6 Å². The molecule has 0 fully saturated rings. The van der Waals surface area contributed by atoms with Crippen molar-refractivity contribution in [2.75, 3.05) is 16.4 Å². The summed E-state index contributed by atoms with van der Waals surface area (Å²) in [6.07, 6.45) is 0. The smallest absolute Gasteiger partial charge is 0.338 e. The summed E-state index contributed by atoms with van der Waals surface area (Å²) in [6, 6.07) is 12.4. The van der Waals surface area contributed by atoms with Gasteiger partial charge in [0.15, 0.2) is 0 Å². The van der Waals surface area contributed by atoms with Crippen LogP contribution in [0.4, 0.5) is 11.4 Å². The average Bonchev–Trinajstić information content (AvgIpc) is 2.81. The predicted octanol–water partition coefficient (Wildman–Crippen LogP) is 7.60. The van der Waals surface area contributed by atoms with E-state index in [0.29, 0.717) is 5.69 Å². The summed E-state index contributed by atoms with van der Waals surface area (Å²) in [4.78, 5) is 37.7. The normalized spacial score (nSPS) is 10.7. The zero-order valence-corrected chi connectivity index (χ0v) is 22.2. The van der Waals surface area contributed by atoms with Crippen LogP contribution in [0.25, 0.3) is 0 Å². The van der Waals surface area contributed by atoms with Gasteiger partial charge < -0.3 is 15.7 Å². The van der Waals surface area contributed by atoms with Crippen molar-refractivity contribution in [1.82, 2.24) is 0 Å². The molecule has 0 aromatic heterocycles. The Labute approximate surface area is 225 Å². The van der Waals surface area contributed by atoms with Gasteiger partial charge in [-0.15, -0.1) is 11.8 Å². The number of hydrogen-bond donors (Lipinski definition) is 3. The molecule has 3 aromatic carbocycles. The Kier molecular flexibility index (Phi) is 8.96. The van der Waals surface area contributed by atoms with Gasteiger partial charge in [0.05, 0.1) is 37.0 Å². The fourth-order valence-corrected chi connectivity index (χ4v) is 4.93. The molecule has 2 amide bonds. The highest BCUT2D eigenvalue weighted by Crippen LogP contribution is 2.41. The monoisotopic (exact) mass is 570 g/mol. The van der Waals surface area contributed by atoms with Gasteiger partial charge in [-0.25, -0.2) is 4.79 Å². The van der Waals surface area contributed by atoms with E-state index in [1.807, 2.05) is 32.0 Å². The van der Waals surface area contributed by atoms with Gasteiger partial charge in [-0.2, -0.15) is 0 Å². The number of carboxylic acids is 1. The summed E-state index contributed by atoms with van der Waals surface area (Å²) in [5.41, 5.74) is 2.19. The van der Waals surface area contributed by atoms with Gasteiger partial charge in [-0.1, -0.05) is 64.6 Å². The van der Waals surface area contributed by atoms with Gasteiger partial charge >= 0.3 is 5.97 Å². The third kappa shape index (κ3) is 6.23. The van der Waals surface area contributed by atoms with Crippen LogP contribution in [-0.2, 0) is 4.79 Å². The Balaban J connectivity index is 1.69. The molecule has 3 N–H and O–H groups in total. The Morgan fingerprint density at radius 2 is 1.34 bits per heavy atom. The standard InChI is InChI=1S/C24H18Cl4N2O4S/c1-11-4-3-5-12(2)22(11)30-15(31)10-35-14-8-6-13(7-9-14)29-23(32)16-17(24(33)34)19(26)21(28)20(27)18(16)25/h3-9H,10H2,1-2H3,(H,29,32)(H,30,31)(H,33,34). The number of para-hydroxylation sites is 1. The highest BCUT2D eigenvalue weighted by atomic mass is 35.5. The maximum atomic E-state index is 12.8. The van der Waals surface area contributed by atoms with E-state index in [2.05, 4.69) is 10.6 Å². The molecule has 11 heteroatoms. The zero-order valence-electron chi connectivity index (χ0n) is 18.3. The maximum absolute atomic E-state index is 12.8. The van der Waals surface area contributed by atoms with Crippen molar-refractivity contribution >= 4 is 87.3 Å². The van der Waals surface area contributed by atoms with Crippen molar-refractivity contribution < 1.29 is 19.5 Å². The number of amides is 2. The number of halogens is 4. The lowest BCUT2D eigenvalue weighted by atomic mass is 10.1. The van der Waals surface area contributed by atoms with Crippen LogP contribution >= 0.6 is 58.2 Å². The highest BCUT2D eigenvalue weighted by molar-refractivity contribution is 8.00. The van der Waals surface area contributed by atoms with E-state index in [9.17, 15) is 19.5 Å². The summed E-state index contributed by atoms with van der Waals surface area (Å²) in [7, 11) is 0. The first-order chi connectivity index (χ1) is 16.5. The summed E-state index contributed by atoms with van der Waals surface area (Å²) in [5.74, 6) is -2.25. The van der Waals surface area contributed by atoms with E-state index in [4.69, 9.17) is 46.4 Å². The number of aromatic carboxylic acids is 1. The molecular formula is C24H18Cl4N2O4S. The Morgan fingerprint density at radius 1 is 0.800 bits per heavy atom. The number of nitrogens with one attached hydrogen (secondary N) is 2. The minimum Gasteiger partial charge on any atom is -0.478 e. The number of hydrogen-bond acceptors (Lipinski definition) is 4. The third-order valence-electron chi connectivity index (χ3n) is 4.94. The molecule has 0 saturated heterocycles. The van der Waals surface area contributed by atoms with Crippen molar-refractivity contribution in [1.29, 1.82) is 0 Å². The molecule has 0 unspecified atom stereocenters. The van der Waals surface area contributed by atoms with Gasteiger partial charge in [-0.05, 0) is 49.2 Å². The number of anilines is 2. The van der Waals surface area contributed by atoms with Crippen LogP contribution in [0, 0.1) is 13.8 Å². The van der Waals surface area contributed by atoms with Crippen molar-refractivity contribution in [2.24, 2.45) is 0 Å². The number of thioether (sulfide) groups is 1. The summed E-state index contributed by atoms with van der Waals surface area (Å²) in [6.45, 7) is 3.86. The molecule has 0 spiro atoms. The molecule has 0 atom stereocenters. The molecule has 0 heterocycles. The number of rotatable bonds is 7. The van der Waals surface area contributed by atoms with E-state index in [0.717, 1.165) is 21.7 Å². The average molecular weight is 572 g/mol. The molecule has 0 aliphatic rings. The quantitative estimate of drug-likeness (QED) is 0.154. The lowest BCUT2D eigenvalue weighted by molar-refractivity contribution is -0.113. The van der Waals surface area contributed by atoms with E-state index in [1.165, 1.54) is 11.8 Å². The molecule has 182 valence electrons. The van der Waals surface area contributed by atoms with Crippen LogP contribution in [0.2, 0.25) is 20.1 Å². The largest absolute Gasteiger partial charge is 0.478 e. The molecule has 0 aliphatic heterocycles. The minimum absolute atomic E-state index is 0.142. The predicted molar refractivity (Wildman–Crippen MR) is 143 cm³/mol. The summed E-state index contributed by atoms with van der Waals surface area (Å²) in [5, 5.41) is 13.8. The zero-order chi connectivity index (χ0) is 25.9.